The molecule has 0 fully saturated rings. The third kappa shape index (κ3) is 3.35. The zero-order chi connectivity index (χ0) is 18.6. The van der Waals surface area contributed by atoms with Crippen LogP contribution < -0.4 is 4.74 Å². The van der Waals surface area contributed by atoms with Gasteiger partial charge in [-0.25, -0.2) is 0 Å². The van der Waals surface area contributed by atoms with Crippen LogP contribution in [0.1, 0.15) is 31.8 Å². The molecule has 132 valence electrons. The van der Waals surface area contributed by atoms with Gasteiger partial charge in [-0.3, -0.25) is 9.59 Å². The molecule has 0 saturated heterocycles. The van der Waals surface area contributed by atoms with E-state index < -0.39 is 11.8 Å². The van der Waals surface area contributed by atoms with E-state index in [2.05, 4.69) is 5.10 Å². The van der Waals surface area contributed by atoms with Crippen molar-refractivity contribution in [1.82, 2.24) is 5.01 Å². The smallest absolute Gasteiger partial charge is 0.282 e. The standard InChI is InChI=1S/C22H16N2O3/c25-21-18-11-5-6-12-19(18)22(26)24(21)23-14-17-10-4-7-13-20(17)27-15-16-8-2-1-3-9-16/h1-14H,15H2/b23-14+. The Hall–Kier alpha value is -3.73. The Kier molecular flexibility index (Phi) is 4.49. The first kappa shape index (κ1) is 16.7. The fraction of sp³-hybridized carbons (Fsp3) is 0.0455. The first-order valence-corrected chi connectivity index (χ1v) is 8.51. The van der Waals surface area contributed by atoms with Crippen LogP contribution in [0, 0.1) is 0 Å². The third-order valence-electron chi connectivity index (χ3n) is 4.24. The molecule has 0 N–H and O–H groups in total. The molecule has 1 aliphatic rings. The van der Waals surface area contributed by atoms with Gasteiger partial charge in [-0.1, -0.05) is 54.6 Å². The molecule has 0 aliphatic carbocycles. The van der Waals surface area contributed by atoms with E-state index in [0.29, 0.717) is 29.0 Å². The van der Waals surface area contributed by atoms with E-state index >= 15 is 0 Å². The summed E-state index contributed by atoms with van der Waals surface area (Å²) in [5.41, 5.74) is 2.47. The molecule has 0 aromatic heterocycles. The predicted octanol–water partition coefficient (Wildman–Crippen LogP) is 3.90. The molecular formula is C22H16N2O3. The van der Waals surface area contributed by atoms with Crippen molar-refractivity contribution in [2.24, 2.45) is 5.10 Å². The first-order chi connectivity index (χ1) is 13.2. The van der Waals surface area contributed by atoms with Gasteiger partial charge < -0.3 is 4.74 Å². The fourth-order valence-corrected chi connectivity index (χ4v) is 2.86. The van der Waals surface area contributed by atoms with Crippen LogP contribution in [0.15, 0.2) is 84.0 Å². The van der Waals surface area contributed by atoms with Crippen molar-refractivity contribution < 1.29 is 14.3 Å². The van der Waals surface area contributed by atoms with Crippen LogP contribution in [0.4, 0.5) is 0 Å². The van der Waals surface area contributed by atoms with Gasteiger partial charge in [0, 0.05) is 5.56 Å². The Bertz CT molecular complexity index is 993. The van der Waals surface area contributed by atoms with Gasteiger partial charge in [0.1, 0.15) is 12.4 Å². The summed E-state index contributed by atoms with van der Waals surface area (Å²) in [5.74, 6) is -0.217. The molecule has 1 aliphatic heterocycles. The summed E-state index contributed by atoms with van der Waals surface area (Å²) in [6.45, 7) is 0.415. The van der Waals surface area contributed by atoms with Gasteiger partial charge in [0.25, 0.3) is 11.8 Å². The second kappa shape index (κ2) is 7.25. The van der Waals surface area contributed by atoms with Crippen LogP contribution in [-0.4, -0.2) is 23.0 Å². The molecule has 0 atom stereocenters. The van der Waals surface area contributed by atoms with Gasteiger partial charge in [0.15, 0.2) is 0 Å². The highest BCUT2D eigenvalue weighted by atomic mass is 16.5. The van der Waals surface area contributed by atoms with Crippen molar-refractivity contribution in [2.45, 2.75) is 6.61 Å². The van der Waals surface area contributed by atoms with Crippen molar-refractivity contribution in [2.75, 3.05) is 0 Å². The van der Waals surface area contributed by atoms with Crippen LogP contribution in [0.3, 0.4) is 0 Å². The molecular weight excluding hydrogens is 340 g/mol. The van der Waals surface area contributed by atoms with Crippen LogP contribution in [0.25, 0.3) is 0 Å². The molecule has 2 amide bonds. The quantitative estimate of drug-likeness (QED) is 0.515. The van der Waals surface area contributed by atoms with E-state index in [1.165, 1.54) is 6.21 Å². The van der Waals surface area contributed by atoms with Gasteiger partial charge >= 0.3 is 0 Å². The van der Waals surface area contributed by atoms with Gasteiger partial charge in [0.05, 0.1) is 17.3 Å². The summed E-state index contributed by atoms with van der Waals surface area (Å²) in [6.07, 6.45) is 1.47. The predicted molar refractivity (Wildman–Crippen MR) is 102 cm³/mol. The number of imide groups is 1. The van der Waals surface area contributed by atoms with E-state index in [4.69, 9.17) is 4.74 Å². The van der Waals surface area contributed by atoms with E-state index in [0.717, 1.165) is 10.6 Å². The number of para-hydroxylation sites is 1. The van der Waals surface area contributed by atoms with Crippen molar-refractivity contribution in [3.8, 4) is 5.75 Å². The number of rotatable bonds is 5. The van der Waals surface area contributed by atoms with Crippen LogP contribution in [-0.2, 0) is 6.61 Å². The van der Waals surface area contributed by atoms with E-state index in [1.54, 1.807) is 24.3 Å². The number of carbonyl (C=O) groups is 2. The normalized spacial score (nSPS) is 13.3. The lowest BCUT2D eigenvalue weighted by Gasteiger charge is -2.10. The second-order valence-electron chi connectivity index (χ2n) is 6.02. The lowest BCUT2D eigenvalue weighted by molar-refractivity contribution is 0.0660. The maximum absolute atomic E-state index is 12.4. The first-order valence-electron chi connectivity index (χ1n) is 8.51. The summed E-state index contributed by atoms with van der Waals surface area (Å²) >= 11 is 0. The second-order valence-corrected chi connectivity index (χ2v) is 6.02. The van der Waals surface area contributed by atoms with Crippen molar-refractivity contribution >= 4 is 18.0 Å². The largest absolute Gasteiger partial charge is 0.488 e. The number of benzene rings is 3. The van der Waals surface area contributed by atoms with E-state index in [-0.39, 0.29) is 0 Å². The number of carbonyl (C=O) groups excluding carboxylic acids is 2. The van der Waals surface area contributed by atoms with Crippen molar-refractivity contribution in [3.63, 3.8) is 0 Å². The molecule has 0 saturated carbocycles. The van der Waals surface area contributed by atoms with Crippen LogP contribution >= 0.6 is 0 Å². The average molecular weight is 356 g/mol. The highest BCUT2D eigenvalue weighted by Gasteiger charge is 2.35. The molecule has 0 unspecified atom stereocenters. The van der Waals surface area contributed by atoms with Gasteiger partial charge in [-0.15, -0.1) is 0 Å². The highest BCUT2D eigenvalue weighted by Crippen LogP contribution is 2.23. The minimum absolute atomic E-state index is 0.369. The highest BCUT2D eigenvalue weighted by molar-refractivity contribution is 6.21. The SMILES string of the molecule is O=C1c2ccccc2C(=O)N1/N=C/c1ccccc1OCc1ccccc1. The minimum atomic E-state index is -0.422. The Morgan fingerprint density at radius 1 is 0.778 bits per heavy atom. The molecule has 3 aromatic carbocycles. The van der Waals surface area contributed by atoms with Gasteiger partial charge in [0.2, 0.25) is 0 Å². The summed E-state index contributed by atoms with van der Waals surface area (Å²) in [5, 5.41) is 5.00. The zero-order valence-corrected chi connectivity index (χ0v) is 14.4. The minimum Gasteiger partial charge on any atom is -0.488 e. The molecule has 0 bridgehead atoms. The molecule has 5 nitrogen and oxygen atoms in total. The monoisotopic (exact) mass is 356 g/mol. The van der Waals surface area contributed by atoms with Crippen molar-refractivity contribution in [3.05, 3.63) is 101 Å². The number of fused-ring (bicyclic) bond motifs is 1. The average Bonchev–Trinajstić information content (AvgIpc) is 2.97. The summed E-state index contributed by atoms with van der Waals surface area (Å²) in [6, 6.07) is 23.9. The topological polar surface area (TPSA) is 59.0 Å². The molecule has 5 heteroatoms. The Morgan fingerprint density at radius 2 is 1.37 bits per heavy atom. The lowest BCUT2D eigenvalue weighted by atomic mass is 10.1. The van der Waals surface area contributed by atoms with Crippen molar-refractivity contribution in [1.29, 1.82) is 0 Å². The zero-order valence-electron chi connectivity index (χ0n) is 14.4. The molecule has 0 spiro atoms. The number of amides is 2. The lowest BCUT2D eigenvalue weighted by Crippen LogP contribution is -2.24. The maximum Gasteiger partial charge on any atom is 0.282 e. The number of nitrogens with zero attached hydrogens (tertiary/aromatic N) is 2. The summed E-state index contributed by atoms with van der Waals surface area (Å²) in [4.78, 5) is 24.8. The molecule has 4 rings (SSSR count). The van der Waals surface area contributed by atoms with E-state index in [9.17, 15) is 9.59 Å². The van der Waals surface area contributed by atoms with Gasteiger partial charge in [-0.05, 0) is 29.8 Å². The van der Waals surface area contributed by atoms with E-state index in [1.807, 2.05) is 54.6 Å². The number of ether oxygens (including phenoxy) is 1. The number of hydrogen-bond acceptors (Lipinski definition) is 4. The molecule has 27 heavy (non-hydrogen) atoms. The van der Waals surface area contributed by atoms with Crippen LogP contribution in [0.2, 0.25) is 0 Å². The Labute approximate surface area is 156 Å². The number of hydrogen-bond donors (Lipinski definition) is 0. The van der Waals surface area contributed by atoms with Gasteiger partial charge in [-0.2, -0.15) is 10.1 Å². The summed E-state index contributed by atoms with van der Waals surface area (Å²) < 4.78 is 5.87. The third-order valence-corrected chi connectivity index (χ3v) is 4.24. The number of hydrazone groups is 1. The molecule has 0 radical (unpaired) electrons. The Balaban J connectivity index is 1.53. The molecule has 1 heterocycles. The Morgan fingerprint density at radius 3 is 2.07 bits per heavy atom. The van der Waals surface area contributed by atoms with Crippen LogP contribution in [0.5, 0.6) is 5.75 Å². The summed E-state index contributed by atoms with van der Waals surface area (Å²) in [7, 11) is 0. The maximum atomic E-state index is 12.4. The molecule has 3 aromatic rings. The fourth-order valence-electron chi connectivity index (χ4n) is 2.86.